The fraction of sp³-hybridized carbons (Fsp3) is 0.167. The molecule has 6 heteroatoms. The molecular formula is C12H14BrN5. The standard InChI is InChI=1S/C12H14BrN5/c1-7-3-4-9(5-10(7)13)16-11-8(2)6-15-12(17-11)18-14/h3-6H,14H2,1-2H3,(H2,15,16,17,18). The van der Waals surface area contributed by atoms with Crippen molar-refractivity contribution in [3.8, 4) is 0 Å². The van der Waals surface area contributed by atoms with Crippen LogP contribution in [-0.2, 0) is 0 Å². The third kappa shape index (κ3) is 2.77. The largest absolute Gasteiger partial charge is 0.340 e. The van der Waals surface area contributed by atoms with Crippen molar-refractivity contribution in [3.63, 3.8) is 0 Å². The van der Waals surface area contributed by atoms with Crippen LogP contribution in [0.15, 0.2) is 28.9 Å². The van der Waals surface area contributed by atoms with Gasteiger partial charge in [-0.05, 0) is 31.5 Å². The number of nitrogens with zero attached hydrogens (tertiary/aromatic N) is 2. The first kappa shape index (κ1) is 12.8. The molecule has 0 aliphatic carbocycles. The molecule has 0 aliphatic heterocycles. The minimum atomic E-state index is 0.384. The molecule has 0 spiro atoms. The third-order valence-corrected chi connectivity index (χ3v) is 3.39. The topological polar surface area (TPSA) is 75.9 Å². The summed E-state index contributed by atoms with van der Waals surface area (Å²) in [4.78, 5) is 8.30. The van der Waals surface area contributed by atoms with E-state index in [2.05, 4.69) is 36.6 Å². The van der Waals surface area contributed by atoms with Gasteiger partial charge in [0.25, 0.3) is 0 Å². The summed E-state index contributed by atoms with van der Waals surface area (Å²) in [5.74, 6) is 6.41. The van der Waals surface area contributed by atoms with Gasteiger partial charge in [-0.1, -0.05) is 22.0 Å². The number of anilines is 3. The van der Waals surface area contributed by atoms with Crippen molar-refractivity contribution in [1.29, 1.82) is 0 Å². The maximum Gasteiger partial charge on any atom is 0.239 e. The third-order valence-electron chi connectivity index (χ3n) is 2.54. The minimum absolute atomic E-state index is 0.384. The highest BCUT2D eigenvalue weighted by atomic mass is 79.9. The van der Waals surface area contributed by atoms with Crippen molar-refractivity contribution in [2.45, 2.75) is 13.8 Å². The Labute approximate surface area is 114 Å². The van der Waals surface area contributed by atoms with Crippen LogP contribution < -0.4 is 16.6 Å². The molecule has 0 radical (unpaired) electrons. The Balaban J connectivity index is 2.30. The van der Waals surface area contributed by atoms with Crippen molar-refractivity contribution in [2.75, 3.05) is 10.7 Å². The normalized spacial score (nSPS) is 10.2. The molecule has 2 aromatic rings. The minimum Gasteiger partial charge on any atom is -0.340 e. The first-order valence-corrected chi connectivity index (χ1v) is 6.23. The molecule has 0 saturated carbocycles. The number of hydrogen-bond acceptors (Lipinski definition) is 5. The Hall–Kier alpha value is -1.66. The van der Waals surface area contributed by atoms with Gasteiger partial charge in [0, 0.05) is 21.9 Å². The van der Waals surface area contributed by atoms with Crippen molar-refractivity contribution in [2.24, 2.45) is 5.84 Å². The van der Waals surface area contributed by atoms with Gasteiger partial charge in [0.15, 0.2) is 0 Å². The number of aryl methyl sites for hydroxylation is 2. The molecule has 1 heterocycles. The van der Waals surface area contributed by atoms with E-state index in [-0.39, 0.29) is 0 Å². The average Bonchev–Trinajstić information content (AvgIpc) is 2.36. The van der Waals surface area contributed by atoms with Gasteiger partial charge in [-0.25, -0.2) is 10.8 Å². The Bertz CT molecular complexity index is 570. The summed E-state index contributed by atoms with van der Waals surface area (Å²) in [6.07, 6.45) is 1.72. The lowest BCUT2D eigenvalue weighted by molar-refractivity contribution is 1.09. The Morgan fingerprint density at radius 2 is 2.00 bits per heavy atom. The number of halogens is 1. The van der Waals surface area contributed by atoms with Crippen molar-refractivity contribution < 1.29 is 0 Å². The van der Waals surface area contributed by atoms with Gasteiger partial charge in [-0.15, -0.1) is 0 Å². The van der Waals surface area contributed by atoms with Crippen LogP contribution in [0.25, 0.3) is 0 Å². The molecule has 0 amide bonds. The monoisotopic (exact) mass is 307 g/mol. The Morgan fingerprint density at radius 3 is 2.67 bits per heavy atom. The lowest BCUT2D eigenvalue weighted by Gasteiger charge is -2.10. The number of hydrazine groups is 1. The van der Waals surface area contributed by atoms with Crippen LogP contribution in [0.3, 0.4) is 0 Å². The van der Waals surface area contributed by atoms with E-state index in [1.165, 1.54) is 5.56 Å². The van der Waals surface area contributed by atoms with E-state index in [4.69, 9.17) is 5.84 Å². The van der Waals surface area contributed by atoms with E-state index in [1.54, 1.807) is 6.20 Å². The SMILES string of the molecule is Cc1ccc(Nc2nc(NN)ncc2C)cc1Br. The molecule has 94 valence electrons. The van der Waals surface area contributed by atoms with Gasteiger partial charge in [-0.3, -0.25) is 5.43 Å². The predicted octanol–water partition coefficient (Wildman–Crippen LogP) is 2.89. The first-order chi connectivity index (χ1) is 8.60. The first-order valence-electron chi connectivity index (χ1n) is 5.43. The Kier molecular flexibility index (Phi) is 3.78. The van der Waals surface area contributed by atoms with Crippen molar-refractivity contribution >= 4 is 33.4 Å². The van der Waals surface area contributed by atoms with E-state index >= 15 is 0 Å². The molecular weight excluding hydrogens is 294 g/mol. The fourth-order valence-corrected chi connectivity index (χ4v) is 1.82. The number of rotatable bonds is 3. The zero-order valence-electron chi connectivity index (χ0n) is 10.2. The molecule has 4 N–H and O–H groups in total. The molecule has 0 fully saturated rings. The molecule has 1 aromatic carbocycles. The summed E-state index contributed by atoms with van der Waals surface area (Å²) in [5.41, 5.74) is 5.52. The maximum atomic E-state index is 5.30. The summed E-state index contributed by atoms with van der Waals surface area (Å²) in [5, 5.41) is 3.24. The van der Waals surface area contributed by atoms with Crippen LogP contribution in [-0.4, -0.2) is 9.97 Å². The number of nitrogens with two attached hydrogens (primary N) is 1. The van der Waals surface area contributed by atoms with Crippen LogP contribution in [0, 0.1) is 13.8 Å². The summed E-state index contributed by atoms with van der Waals surface area (Å²) in [6, 6.07) is 6.04. The molecule has 0 aliphatic rings. The average molecular weight is 308 g/mol. The molecule has 0 unspecified atom stereocenters. The number of benzene rings is 1. The summed E-state index contributed by atoms with van der Waals surface area (Å²) < 4.78 is 1.05. The number of nitrogens with one attached hydrogen (secondary N) is 2. The molecule has 5 nitrogen and oxygen atoms in total. The van der Waals surface area contributed by atoms with E-state index in [1.807, 2.05) is 32.0 Å². The molecule has 0 saturated heterocycles. The lowest BCUT2D eigenvalue weighted by Crippen LogP contribution is -2.11. The van der Waals surface area contributed by atoms with E-state index in [0.29, 0.717) is 5.95 Å². The number of nitrogen functional groups attached to an aromatic ring is 1. The molecule has 1 aromatic heterocycles. The van der Waals surface area contributed by atoms with E-state index in [0.717, 1.165) is 21.5 Å². The van der Waals surface area contributed by atoms with Gasteiger partial charge in [0.1, 0.15) is 5.82 Å². The quantitative estimate of drug-likeness (QED) is 0.600. The van der Waals surface area contributed by atoms with Gasteiger partial charge >= 0.3 is 0 Å². The summed E-state index contributed by atoms with van der Waals surface area (Å²) in [7, 11) is 0. The second kappa shape index (κ2) is 5.32. The number of hydrogen-bond donors (Lipinski definition) is 3. The van der Waals surface area contributed by atoms with Crippen LogP contribution in [0.1, 0.15) is 11.1 Å². The van der Waals surface area contributed by atoms with Gasteiger partial charge < -0.3 is 5.32 Å². The van der Waals surface area contributed by atoms with Crippen molar-refractivity contribution in [3.05, 3.63) is 40.0 Å². The summed E-state index contributed by atoms with van der Waals surface area (Å²) >= 11 is 3.50. The predicted molar refractivity (Wildman–Crippen MR) is 76.7 cm³/mol. The van der Waals surface area contributed by atoms with E-state index < -0.39 is 0 Å². The fourth-order valence-electron chi connectivity index (χ4n) is 1.45. The summed E-state index contributed by atoms with van der Waals surface area (Å²) in [6.45, 7) is 3.98. The highest BCUT2D eigenvalue weighted by Gasteiger charge is 2.04. The molecule has 0 atom stereocenters. The van der Waals surface area contributed by atoms with Gasteiger partial charge in [-0.2, -0.15) is 4.98 Å². The van der Waals surface area contributed by atoms with Crippen LogP contribution in [0.2, 0.25) is 0 Å². The van der Waals surface area contributed by atoms with E-state index in [9.17, 15) is 0 Å². The van der Waals surface area contributed by atoms with Crippen LogP contribution in [0.4, 0.5) is 17.5 Å². The maximum absolute atomic E-state index is 5.30. The smallest absolute Gasteiger partial charge is 0.239 e. The van der Waals surface area contributed by atoms with Crippen LogP contribution >= 0.6 is 15.9 Å². The van der Waals surface area contributed by atoms with Crippen LogP contribution in [0.5, 0.6) is 0 Å². The second-order valence-corrected chi connectivity index (χ2v) is 4.81. The zero-order valence-corrected chi connectivity index (χ0v) is 11.7. The highest BCUT2D eigenvalue weighted by Crippen LogP contribution is 2.24. The lowest BCUT2D eigenvalue weighted by atomic mass is 10.2. The second-order valence-electron chi connectivity index (χ2n) is 3.96. The Morgan fingerprint density at radius 1 is 1.22 bits per heavy atom. The highest BCUT2D eigenvalue weighted by molar-refractivity contribution is 9.10. The van der Waals surface area contributed by atoms with Gasteiger partial charge in [0.2, 0.25) is 5.95 Å². The molecule has 0 bridgehead atoms. The molecule has 2 rings (SSSR count). The van der Waals surface area contributed by atoms with Gasteiger partial charge in [0.05, 0.1) is 0 Å². The molecule has 18 heavy (non-hydrogen) atoms. The zero-order chi connectivity index (χ0) is 13.1. The van der Waals surface area contributed by atoms with Crippen molar-refractivity contribution in [1.82, 2.24) is 9.97 Å². The number of aromatic nitrogens is 2.